The molecule has 0 bridgehead atoms. The fourth-order valence-corrected chi connectivity index (χ4v) is 3.15. The molecule has 0 atom stereocenters. The van der Waals surface area contributed by atoms with E-state index in [1.165, 1.54) is 19.2 Å². The molecule has 0 unspecified atom stereocenters. The van der Waals surface area contributed by atoms with Gasteiger partial charge >= 0.3 is 5.97 Å². The van der Waals surface area contributed by atoms with Crippen molar-refractivity contribution in [1.29, 1.82) is 0 Å². The van der Waals surface area contributed by atoms with Gasteiger partial charge in [-0.25, -0.2) is 9.78 Å². The number of esters is 1. The summed E-state index contributed by atoms with van der Waals surface area (Å²) in [4.78, 5) is 16.3. The molecule has 0 aliphatic rings. The predicted molar refractivity (Wildman–Crippen MR) is 114 cm³/mol. The molecule has 148 valence electrons. The van der Waals surface area contributed by atoms with Gasteiger partial charge in [0.25, 0.3) is 0 Å². The van der Waals surface area contributed by atoms with E-state index in [0.29, 0.717) is 17.0 Å². The molecule has 0 fully saturated rings. The van der Waals surface area contributed by atoms with Gasteiger partial charge < -0.3 is 14.3 Å². The highest BCUT2D eigenvalue weighted by Crippen LogP contribution is 2.34. The minimum Gasteiger partial charge on any atom is -0.507 e. The van der Waals surface area contributed by atoms with Gasteiger partial charge in [0, 0.05) is 11.6 Å². The second-order valence-electron chi connectivity index (χ2n) is 6.19. The fraction of sp³-hybridized carbons (Fsp3) is 0.167. The number of nitrogens with zero attached hydrogens (tertiary/aromatic N) is 1. The summed E-state index contributed by atoms with van der Waals surface area (Å²) >= 11 is 0. The molecular formula is C24H23NO4. The number of carbonyl (C=O) groups excluding carboxylic acids is 1. The maximum atomic E-state index is 11.8. The predicted octanol–water partition coefficient (Wildman–Crippen LogP) is 5.99. The van der Waals surface area contributed by atoms with Gasteiger partial charge in [-0.2, -0.15) is 0 Å². The summed E-state index contributed by atoms with van der Waals surface area (Å²) in [6.07, 6.45) is 0. The summed E-state index contributed by atoms with van der Waals surface area (Å²) < 4.78 is 10.5. The van der Waals surface area contributed by atoms with Crippen LogP contribution in [0, 0.1) is 6.92 Å². The van der Waals surface area contributed by atoms with Crippen LogP contribution in [-0.2, 0) is 4.74 Å². The lowest BCUT2D eigenvalue weighted by Gasteiger charge is -2.09. The Labute approximate surface area is 169 Å². The van der Waals surface area contributed by atoms with Crippen molar-refractivity contribution in [2.45, 2.75) is 20.8 Å². The summed E-state index contributed by atoms with van der Waals surface area (Å²) in [7, 11) is 1.26. The summed E-state index contributed by atoms with van der Waals surface area (Å²) in [6, 6.07) is 18.9. The number of aromatic nitrogens is 1. The average molecular weight is 389 g/mol. The standard InChI is InChI=1S/C22H17NO4.C2H6/c1-13-15(14-7-4-3-5-8-14)9-6-10-16(13)21-23-18-11-17(22(25)26-2)19(24)12-20(18)27-21;1-2/h3-12,24H,1-2H3;1-2H3. The zero-order valence-corrected chi connectivity index (χ0v) is 16.9. The van der Waals surface area contributed by atoms with E-state index in [2.05, 4.69) is 27.9 Å². The van der Waals surface area contributed by atoms with Crippen molar-refractivity contribution >= 4 is 17.1 Å². The van der Waals surface area contributed by atoms with Gasteiger partial charge in [-0.3, -0.25) is 0 Å². The van der Waals surface area contributed by atoms with Crippen LogP contribution in [0.25, 0.3) is 33.7 Å². The van der Waals surface area contributed by atoms with E-state index in [1.54, 1.807) is 0 Å². The SMILES string of the molecule is CC.COC(=O)c1cc2nc(-c3cccc(-c4ccccc4)c3C)oc2cc1O. The number of phenols is 1. The first-order valence-electron chi connectivity index (χ1n) is 9.45. The van der Waals surface area contributed by atoms with E-state index in [1.807, 2.05) is 51.1 Å². The Morgan fingerprint density at radius 1 is 1.00 bits per heavy atom. The molecule has 0 saturated heterocycles. The molecule has 1 N–H and O–H groups in total. The zero-order chi connectivity index (χ0) is 21.0. The highest BCUT2D eigenvalue weighted by Gasteiger charge is 2.18. The number of hydrogen-bond acceptors (Lipinski definition) is 5. The second-order valence-corrected chi connectivity index (χ2v) is 6.19. The summed E-state index contributed by atoms with van der Waals surface area (Å²) in [6.45, 7) is 6.02. The summed E-state index contributed by atoms with van der Waals surface area (Å²) in [5.74, 6) is -0.394. The highest BCUT2D eigenvalue weighted by molar-refractivity contribution is 5.96. The fourth-order valence-electron chi connectivity index (χ4n) is 3.15. The van der Waals surface area contributed by atoms with Crippen molar-refractivity contribution in [1.82, 2.24) is 4.98 Å². The summed E-state index contributed by atoms with van der Waals surface area (Å²) in [5.41, 5.74) is 5.03. The van der Waals surface area contributed by atoms with E-state index < -0.39 is 5.97 Å². The van der Waals surface area contributed by atoms with Crippen molar-refractivity contribution in [3.63, 3.8) is 0 Å². The van der Waals surface area contributed by atoms with E-state index in [0.717, 1.165) is 22.3 Å². The van der Waals surface area contributed by atoms with Crippen LogP contribution in [0.5, 0.6) is 5.75 Å². The third kappa shape index (κ3) is 3.85. The molecule has 0 radical (unpaired) electrons. The van der Waals surface area contributed by atoms with Crippen LogP contribution in [0.3, 0.4) is 0 Å². The van der Waals surface area contributed by atoms with Gasteiger partial charge in [0.1, 0.15) is 16.8 Å². The minimum atomic E-state index is -0.624. The lowest BCUT2D eigenvalue weighted by atomic mass is 9.96. The van der Waals surface area contributed by atoms with Gasteiger partial charge in [0.2, 0.25) is 5.89 Å². The number of oxazole rings is 1. The third-order valence-corrected chi connectivity index (χ3v) is 4.56. The number of benzene rings is 3. The first kappa shape index (κ1) is 20.1. The Kier molecular flexibility index (Phi) is 5.98. The first-order chi connectivity index (χ1) is 14.1. The normalized spacial score (nSPS) is 10.3. The van der Waals surface area contributed by atoms with E-state index >= 15 is 0 Å². The minimum absolute atomic E-state index is 0.0552. The highest BCUT2D eigenvalue weighted by atomic mass is 16.5. The number of rotatable bonds is 3. The molecule has 5 heteroatoms. The van der Waals surface area contributed by atoms with Crippen LogP contribution in [0.1, 0.15) is 29.8 Å². The Balaban J connectivity index is 0.00000117. The lowest BCUT2D eigenvalue weighted by Crippen LogP contribution is -2.01. The zero-order valence-electron chi connectivity index (χ0n) is 16.9. The largest absolute Gasteiger partial charge is 0.507 e. The molecule has 0 amide bonds. The van der Waals surface area contributed by atoms with E-state index in [-0.39, 0.29) is 11.3 Å². The molecule has 1 heterocycles. The van der Waals surface area contributed by atoms with E-state index in [4.69, 9.17) is 4.42 Å². The van der Waals surface area contributed by atoms with Crippen molar-refractivity contribution in [3.05, 3.63) is 71.8 Å². The number of carbonyl (C=O) groups is 1. The van der Waals surface area contributed by atoms with Gasteiger partial charge in [0.05, 0.1) is 7.11 Å². The Morgan fingerprint density at radius 3 is 2.38 bits per heavy atom. The molecule has 4 aromatic rings. The van der Waals surface area contributed by atoms with Gasteiger partial charge in [-0.1, -0.05) is 56.3 Å². The van der Waals surface area contributed by atoms with Crippen molar-refractivity contribution < 1.29 is 19.1 Å². The maximum Gasteiger partial charge on any atom is 0.341 e. The molecule has 0 aliphatic carbocycles. The molecule has 1 aromatic heterocycles. The maximum absolute atomic E-state index is 11.8. The quantitative estimate of drug-likeness (QED) is 0.436. The average Bonchev–Trinajstić information content (AvgIpc) is 3.17. The van der Waals surface area contributed by atoms with Crippen LogP contribution in [0.15, 0.2) is 65.1 Å². The number of phenolic OH excluding ortho intramolecular Hbond substituents is 1. The smallest absolute Gasteiger partial charge is 0.341 e. The van der Waals surface area contributed by atoms with Gasteiger partial charge in [-0.05, 0) is 35.7 Å². The second kappa shape index (κ2) is 8.61. The number of aromatic hydroxyl groups is 1. The first-order valence-corrected chi connectivity index (χ1v) is 9.45. The van der Waals surface area contributed by atoms with Crippen LogP contribution in [0.4, 0.5) is 0 Å². The molecule has 0 saturated carbocycles. The van der Waals surface area contributed by atoms with Crippen LogP contribution in [-0.4, -0.2) is 23.2 Å². The van der Waals surface area contributed by atoms with Crippen LogP contribution in [0.2, 0.25) is 0 Å². The molecular weight excluding hydrogens is 366 g/mol. The number of ether oxygens (including phenoxy) is 1. The topological polar surface area (TPSA) is 72.6 Å². The van der Waals surface area contributed by atoms with Crippen molar-refractivity contribution in [2.75, 3.05) is 7.11 Å². The van der Waals surface area contributed by atoms with Crippen LogP contribution >= 0.6 is 0 Å². The summed E-state index contributed by atoms with van der Waals surface area (Å²) in [5, 5.41) is 10.0. The Bertz CT molecular complexity index is 1150. The van der Waals surface area contributed by atoms with Crippen molar-refractivity contribution in [3.8, 4) is 28.3 Å². The molecule has 29 heavy (non-hydrogen) atoms. The molecule has 0 aliphatic heterocycles. The Morgan fingerprint density at radius 2 is 1.69 bits per heavy atom. The molecule has 3 aromatic carbocycles. The number of methoxy groups -OCH3 is 1. The van der Waals surface area contributed by atoms with E-state index in [9.17, 15) is 9.90 Å². The molecule has 0 spiro atoms. The van der Waals surface area contributed by atoms with Crippen molar-refractivity contribution in [2.24, 2.45) is 0 Å². The number of hydrogen-bond donors (Lipinski definition) is 1. The number of fused-ring (bicyclic) bond motifs is 1. The van der Waals surface area contributed by atoms with Gasteiger partial charge in [-0.15, -0.1) is 0 Å². The van der Waals surface area contributed by atoms with Gasteiger partial charge in [0.15, 0.2) is 5.58 Å². The molecule has 4 rings (SSSR count). The molecule has 5 nitrogen and oxygen atoms in total. The Hall–Kier alpha value is -3.60. The third-order valence-electron chi connectivity index (χ3n) is 4.56. The monoisotopic (exact) mass is 389 g/mol. The lowest BCUT2D eigenvalue weighted by molar-refractivity contribution is 0.0597. The van der Waals surface area contributed by atoms with Crippen LogP contribution < -0.4 is 0 Å².